The van der Waals surface area contributed by atoms with Crippen molar-refractivity contribution >= 4 is 40.7 Å². The molecule has 2 aromatic rings. The predicted octanol–water partition coefficient (Wildman–Crippen LogP) is 4.06. The van der Waals surface area contributed by atoms with Gasteiger partial charge in [0.25, 0.3) is 0 Å². The predicted molar refractivity (Wildman–Crippen MR) is 105 cm³/mol. The van der Waals surface area contributed by atoms with Gasteiger partial charge in [-0.3, -0.25) is 14.4 Å². The SMILES string of the molecule is Cc1c(Cl)cnn1C(C)C(=O)N1CCN(Cc2ccc(Cl)c(Cl)c2)CC1. The highest BCUT2D eigenvalue weighted by atomic mass is 35.5. The molecule has 0 bridgehead atoms. The van der Waals surface area contributed by atoms with E-state index in [1.54, 1.807) is 10.9 Å². The molecule has 3 rings (SSSR count). The molecule has 1 fully saturated rings. The van der Waals surface area contributed by atoms with Gasteiger partial charge in [0.2, 0.25) is 5.91 Å². The van der Waals surface area contributed by atoms with Crippen LogP contribution in [-0.2, 0) is 11.3 Å². The normalized spacial score (nSPS) is 16.7. The molecule has 2 heterocycles. The number of halogens is 3. The van der Waals surface area contributed by atoms with Crippen LogP contribution in [0.4, 0.5) is 0 Å². The summed E-state index contributed by atoms with van der Waals surface area (Å²) in [6.45, 7) is 7.55. The average molecular weight is 416 g/mol. The first-order valence-corrected chi connectivity index (χ1v) is 9.65. The van der Waals surface area contributed by atoms with Crippen molar-refractivity contribution in [1.82, 2.24) is 19.6 Å². The number of carbonyl (C=O) groups excluding carboxylic acids is 1. The van der Waals surface area contributed by atoms with E-state index in [1.807, 2.05) is 36.9 Å². The highest BCUT2D eigenvalue weighted by molar-refractivity contribution is 6.42. The van der Waals surface area contributed by atoms with E-state index in [2.05, 4.69) is 10.00 Å². The minimum Gasteiger partial charge on any atom is -0.338 e. The van der Waals surface area contributed by atoms with E-state index in [9.17, 15) is 4.79 Å². The van der Waals surface area contributed by atoms with Crippen LogP contribution in [0.1, 0.15) is 24.2 Å². The monoisotopic (exact) mass is 414 g/mol. The number of hydrogen-bond donors (Lipinski definition) is 0. The lowest BCUT2D eigenvalue weighted by molar-refractivity contribution is -0.136. The summed E-state index contributed by atoms with van der Waals surface area (Å²) in [5.41, 5.74) is 1.93. The maximum absolute atomic E-state index is 12.8. The van der Waals surface area contributed by atoms with E-state index >= 15 is 0 Å². The highest BCUT2D eigenvalue weighted by Gasteiger charge is 2.27. The van der Waals surface area contributed by atoms with Crippen LogP contribution in [0.3, 0.4) is 0 Å². The van der Waals surface area contributed by atoms with Crippen LogP contribution in [0.5, 0.6) is 0 Å². The number of amides is 1. The fraction of sp³-hybridized carbons (Fsp3) is 0.444. The maximum Gasteiger partial charge on any atom is 0.247 e. The van der Waals surface area contributed by atoms with Crippen molar-refractivity contribution in [2.75, 3.05) is 26.2 Å². The van der Waals surface area contributed by atoms with Crippen LogP contribution in [0.25, 0.3) is 0 Å². The minimum atomic E-state index is -0.357. The molecule has 5 nitrogen and oxygen atoms in total. The van der Waals surface area contributed by atoms with Gasteiger partial charge in [-0.05, 0) is 31.5 Å². The topological polar surface area (TPSA) is 41.4 Å². The van der Waals surface area contributed by atoms with Gasteiger partial charge in [-0.2, -0.15) is 5.10 Å². The third-order valence-corrected chi connectivity index (χ3v) is 5.89. The van der Waals surface area contributed by atoms with Gasteiger partial charge < -0.3 is 4.90 Å². The fourth-order valence-electron chi connectivity index (χ4n) is 3.18. The van der Waals surface area contributed by atoms with Gasteiger partial charge >= 0.3 is 0 Å². The first-order chi connectivity index (χ1) is 12.4. The molecule has 26 heavy (non-hydrogen) atoms. The van der Waals surface area contributed by atoms with E-state index in [4.69, 9.17) is 34.8 Å². The molecule has 8 heteroatoms. The summed E-state index contributed by atoms with van der Waals surface area (Å²) in [6, 6.07) is 5.34. The Kier molecular flexibility index (Phi) is 6.13. The molecule has 0 aliphatic carbocycles. The molecule has 1 aromatic carbocycles. The second-order valence-corrected chi connectivity index (χ2v) is 7.77. The quantitative estimate of drug-likeness (QED) is 0.756. The van der Waals surface area contributed by atoms with Crippen LogP contribution < -0.4 is 0 Å². The lowest BCUT2D eigenvalue weighted by atomic mass is 10.2. The van der Waals surface area contributed by atoms with Crippen molar-refractivity contribution in [1.29, 1.82) is 0 Å². The zero-order chi connectivity index (χ0) is 18.8. The third kappa shape index (κ3) is 4.17. The van der Waals surface area contributed by atoms with Gasteiger partial charge in [-0.15, -0.1) is 0 Å². The molecule has 0 radical (unpaired) electrons. The second kappa shape index (κ2) is 8.17. The number of piperazine rings is 1. The molecule has 1 atom stereocenters. The molecule has 1 amide bonds. The lowest BCUT2D eigenvalue weighted by Gasteiger charge is -2.36. The maximum atomic E-state index is 12.8. The molecule has 1 aliphatic heterocycles. The Bertz CT molecular complexity index is 800. The first kappa shape index (κ1) is 19.5. The van der Waals surface area contributed by atoms with E-state index in [0.717, 1.165) is 30.9 Å². The van der Waals surface area contributed by atoms with E-state index in [-0.39, 0.29) is 11.9 Å². The summed E-state index contributed by atoms with van der Waals surface area (Å²) in [5.74, 6) is 0.0713. The van der Waals surface area contributed by atoms with Gasteiger partial charge in [-0.25, -0.2) is 0 Å². The zero-order valence-corrected chi connectivity index (χ0v) is 17.0. The second-order valence-electron chi connectivity index (χ2n) is 6.55. The number of aromatic nitrogens is 2. The number of benzene rings is 1. The number of rotatable bonds is 4. The van der Waals surface area contributed by atoms with Crippen LogP contribution in [0, 0.1) is 6.92 Å². The molecular weight excluding hydrogens is 395 g/mol. The molecule has 1 saturated heterocycles. The van der Waals surface area contributed by atoms with Crippen molar-refractivity contribution in [2.24, 2.45) is 0 Å². The third-order valence-electron chi connectivity index (χ3n) is 4.78. The summed E-state index contributed by atoms with van der Waals surface area (Å²) in [5, 5.41) is 5.93. The average Bonchev–Trinajstić information content (AvgIpc) is 2.97. The van der Waals surface area contributed by atoms with E-state index in [1.165, 1.54) is 0 Å². The minimum absolute atomic E-state index is 0.0713. The van der Waals surface area contributed by atoms with Gasteiger partial charge in [0.1, 0.15) is 6.04 Å². The van der Waals surface area contributed by atoms with E-state index < -0.39 is 0 Å². The number of carbonyl (C=O) groups is 1. The summed E-state index contributed by atoms with van der Waals surface area (Å²) in [6.07, 6.45) is 1.58. The van der Waals surface area contributed by atoms with Crippen LogP contribution in [0.2, 0.25) is 15.1 Å². The van der Waals surface area contributed by atoms with Crippen molar-refractivity contribution in [3.05, 3.63) is 50.7 Å². The first-order valence-electron chi connectivity index (χ1n) is 8.51. The van der Waals surface area contributed by atoms with Gasteiger partial charge in [-0.1, -0.05) is 40.9 Å². The largest absolute Gasteiger partial charge is 0.338 e. The molecule has 1 unspecified atom stereocenters. The van der Waals surface area contributed by atoms with Crippen molar-refractivity contribution in [3.8, 4) is 0 Å². The smallest absolute Gasteiger partial charge is 0.247 e. The lowest BCUT2D eigenvalue weighted by Crippen LogP contribution is -2.50. The Morgan fingerprint density at radius 1 is 1.12 bits per heavy atom. The summed E-state index contributed by atoms with van der Waals surface area (Å²) >= 11 is 18.1. The molecule has 140 valence electrons. The summed E-state index contributed by atoms with van der Waals surface area (Å²) in [4.78, 5) is 17.0. The Morgan fingerprint density at radius 2 is 1.81 bits per heavy atom. The Hall–Kier alpha value is -1.27. The van der Waals surface area contributed by atoms with Crippen molar-refractivity contribution in [3.63, 3.8) is 0 Å². The van der Waals surface area contributed by atoms with E-state index in [0.29, 0.717) is 28.2 Å². The summed E-state index contributed by atoms with van der Waals surface area (Å²) < 4.78 is 1.69. The van der Waals surface area contributed by atoms with Crippen LogP contribution >= 0.6 is 34.8 Å². The van der Waals surface area contributed by atoms with Crippen molar-refractivity contribution < 1.29 is 4.79 Å². The Labute approximate surface area is 168 Å². The van der Waals surface area contributed by atoms with Crippen LogP contribution in [0.15, 0.2) is 24.4 Å². The van der Waals surface area contributed by atoms with Gasteiger partial charge in [0.05, 0.1) is 27.0 Å². The molecule has 0 N–H and O–H groups in total. The Morgan fingerprint density at radius 3 is 2.38 bits per heavy atom. The Balaban J connectivity index is 1.56. The number of hydrogen-bond acceptors (Lipinski definition) is 3. The molecule has 1 aromatic heterocycles. The number of nitrogens with zero attached hydrogens (tertiary/aromatic N) is 4. The zero-order valence-electron chi connectivity index (χ0n) is 14.8. The fourth-order valence-corrected chi connectivity index (χ4v) is 3.64. The summed E-state index contributed by atoms with van der Waals surface area (Å²) in [7, 11) is 0. The standard InChI is InChI=1S/C18H21Cl3N4O/c1-12-17(21)10-22-25(12)13(2)18(26)24-7-5-23(6-8-24)11-14-3-4-15(19)16(20)9-14/h3-4,9-10,13H,5-8,11H2,1-2H3. The molecular formula is C18H21Cl3N4O. The van der Waals surface area contributed by atoms with Crippen LogP contribution in [-0.4, -0.2) is 51.7 Å². The molecule has 0 saturated carbocycles. The van der Waals surface area contributed by atoms with Gasteiger partial charge in [0, 0.05) is 32.7 Å². The van der Waals surface area contributed by atoms with Gasteiger partial charge in [0.15, 0.2) is 0 Å². The van der Waals surface area contributed by atoms with Crippen molar-refractivity contribution in [2.45, 2.75) is 26.4 Å². The highest BCUT2D eigenvalue weighted by Crippen LogP contribution is 2.24. The molecule has 0 spiro atoms. The molecule has 1 aliphatic rings.